The minimum atomic E-state index is 0.629. The molecule has 1 unspecified atom stereocenters. The molecular weight excluding hydrogens is 258 g/mol. The van der Waals surface area contributed by atoms with Crippen molar-refractivity contribution >= 4 is 0 Å². The molecule has 2 rings (SSSR count). The van der Waals surface area contributed by atoms with Gasteiger partial charge in [-0.25, -0.2) is 0 Å². The Kier molecular flexibility index (Phi) is 6.22. The third-order valence-corrected chi connectivity index (χ3v) is 4.36. The topological polar surface area (TPSA) is 18.5 Å². The highest BCUT2D eigenvalue weighted by atomic mass is 15.3. The van der Waals surface area contributed by atoms with Gasteiger partial charge in [0.2, 0.25) is 0 Å². The van der Waals surface area contributed by atoms with Gasteiger partial charge in [-0.3, -0.25) is 4.90 Å². The average Bonchev–Trinajstić information content (AvgIpc) is 2.44. The van der Waals surface area contributed by atoms with Crippen LogP contribution in [0.3, 0.4) is 0 Å². The van der Waals surface area contributed by atoms with Crippen molar-refractivity contribution < 1.29 is 0 Å². The van der Waals surface area contributed by atoms with Crippen molar-refractivity contribution in [1.29, 1.82) is 0 Å². The van der Waals surface area contributed by atoms with E-state index in [4.69, 9.17) is 0 Å². The molecule has 1 aromatic rings. The molecule has 1 fully saturated rings. The van der Waals surface area contributed by atoms with E-state index in [2.05, 4.69) is 67.3 Å². The fraction of sp³-hybridized carbons (Fsp3) is 0.667. The van der Waals surface area contributed by atoms with Gasteiger partial charge in [-0.15, -0.1) is 0 Å². The molecule has 21 heavy (non-hydrogen) atoms. The average molecular weight is 289 g/mol. The molecule has 0 amide bonds. The van der Waals surface area contributed by atoms with Crippen LogP contribution in [-0.4, -0.2) is 56.1 Å². The van der Waals surface area contributed by atoms with Crippen LogP contribution < -0.4 is 5.32 Å². The predicted octanol–water partition coefficient (Wildman–Crippen LogP) is 2.22. The van der Waals surface area contributed by atoms with E-state index in [-0.39, 0.29) is 0 Å². The van der Waals surface area contributed by atoms with Crippen molar-refractivity contribution in [3.63, 3.8) is 0 Å². The van der Waals surface area contributed by atoms with Gasteiger partial charge in [0, 0.05) is 38.8 Å². The van der Waals surface area contributed by atoms with Crippen LogP contribution in [0.5, 0.6) is 0 Å². The van der Waals surface area contributed by atoms with E-state index in [1.54, 1.807) is 0 Å². The first kappa shape index (κ1) is 16.5. The quantitative estimate of drug-likeness (QED) is 0.866. The maximum Gasteiger partial charge on any atom is 0.0345 e. The standard InChI is InChI=1S/C18H31N3/c1-15(2)11-16-5-7-17(8-6-16)12-19-13-18-14-20(3)9-10-21(18)4/h5-8,15,18-19H,9-14H2,1-4H3. The fourth-order valence-electron chi connectivity index (χ4n) is 2.97. The zero-order valence-corrected chi connectivity index (χ0v) is 14.1. The Bertz CT molecular complexity index is 413. The second kappa shape index (κ2) is 7.92. The Morgan fingerprint density at radius 3 is 2.43 bits per heavy atom. The number of rotatable bonds is 6. The van der Waals surface area contributed by atoms with E-state index in [0.717, 1.165) is 25.6 Å². The minimum Gasteiger partial charge on any atom is -0.311 e. The second-order valence-corrected chi connectivity index (χ2v) is 6.94. The van der Waals surface area contributed by atoms with Gasteiger partial charge in [0.1, 0.15) is 0 Å². The highest BCUT2D eigenvalue weighted by Crippen LogP contribution is 2.10. The number of nitrogens with one attached hydrogen (secondary N) is 1. The molecule has 1 aromatic carbocycles. The van der Waals surface area contributed by atoms with Crippen molar-refractivity contribution in [1.82, 2.24) is 15.1 Å². The number of benzene rings is 1. The van der Waals surface area contributed by atoms with Crippen LogP contribution in [0, 0.1) is 5.92 Å². The highest BCUT2D eigenvalue weighted by molar-refractivity contribution is 5.22. The summed E-state index contributed by atoms with van der Waals surface area (Å²) in [5, 5.41) is 3.61. The Morgan fingerprint density at radius 2 is 1.76 bits per heavy atom. The molecule has 0 aromatic heterocycles. The van der Waals surface area contributed by atoms with E-state index >= 15 is 0 Å². The SMILES string of the molecule is CC(C)Cc1ccc(CNCC2CN(C)CCN2C)cc1. The largest absolute Gasteiger partial charge is 0.311 e. The molecular formula is C18H31N3. The van der Waals surface area contributed by atoms with Crippen molar-refractivity contribution in [3.05, 3.63) is 35.4 Å². The van der Waals surface area contributed by atoms with Gasteiger partial charge >= 0.3 is 0 Å². The van der Waals surface area contributed by atoms with Crippen molar-refractivity contribution in [2.45, 2.75) is 32.9 Å². The highest BCUT2D eigenvalue weighted by Gasteiger charge is 2.21. The predicted molar refractivity (Wildman–Crippen MR) is 90.6 cm³/mol. The van der Waals surface area contributed by atoms with Gasteiger partial charge in [0.15, 0.2) is 0 Å². The Balaban J connectivity index is 1.75. The molecule has 3 nitrogen and oxygen atoms in total. The van der Waals surface area contributed by atoms with Gasteiger partial charge in [-0.05, 0) is 37.6 Å². The van der Waals surface area contributed by atoms with Crippen LogP contribution in [0.4, 0.5) is 0 Å². The van der Waals surface area contributed by atoms with E-state index in [1.807, 2.05) is 0 Å². The van der Waals surface area contributed by atoms with E-state index in [1.165, 1.54) is 30.6 Å². The Hall–Kier alpha value is -0.900. The third kappa shape index (κ3) is 5.42. The molecule has 1 aliphatic heterocycles. The summed E-state index contributed by atoms with van der Waals surface area (Å²) < 4.78 is 0. The molecule has 0 spiro atoms. The Labute approximate surface area is 130 Å². The van der Waals surface area contributed by atoms with Gasteiger partial charge in [-0.1, -0.05) is 38.1 Å². The lowest BCUT2D eigenvalue weighted by Crippen LogP contribution is -2.53. The zero-order valence-electron chi connectivity index (χ0n) is 14.1. The molecule has 1 heterocycles. The molecule has 0 bridgehead atoms. The van der Waals surface area contributed by atoms with Crippen LogP contribution in [0.2, 0.25) is 0 Å². The lowest BCUT2D eigenvalue weighted by atomic mass is 10.0. The maximum atomic E-state index is 3.61. The first-order chi connectivity index (χ1) is 10.0. The lowest BCUT2D eigenvalue weighted by molar-refractivity contribution is 0.113. The van der Waals surface area contributed by atoms with Crippen LogP contribution >= 0.6 is 0 Å². The number of nitrogens with zero attached hydrogens (tertiary/aromatic N) is 2. The summed E-state index contributed by atoms with van der Waals surface area (Å²) in [6.07, 6.45) is 1.17. The number of hydrogen-bond acceptors (Lipinski definition) is 3. The summed E-state index contributed by atoms with van der Waals surface area (Å²) in [6.45, 7) is 10.1. The number of hydrogen-bond donors (Lipinski definition) is 1. The molecule has 0 aliphatic carbocycles. The van der Waals surface area contributed by atoms with Gasteiger partial charge in [0.25, 0.3) is 0 Å². The maximum absolute atomic E-state index is 3.61. The number of likely N-dealkylation sites (N-methyl/N-ethyl adjacent to an activating group) is 2. The molecule has 1 atom stereocenters. The van der Waals surface area contributed by atoms with Crippen LogP contribution in [0.25, 0.3) is 0 Å². The lowest BCUT2D eigenvalue weighted by Gasteiger charge is -2.37. The van der Waals surface area contributed by atoms with Gasteiger partial charge < -0.3 is 10.2 Å². The fourth-order valence-corrected chi connectivity index (χ4v) is 2.97. The smallest absolute Gasteiger partial charge is 0.0345 e. The summed E-state index contributed by atoms with van der Waals surface area (Å²) in [4.78, 5) is 4.89. The summed E-state index contributed by atoms with van der Waals surface area (Å²) in [5.41, 5.74) is 2.83. The summed E-state index contributed by atoms with van der Waals surface area (Å²) in [5.74, 6) is 0.729. The van der Waals surface area contributed by atoms with Gasteiger partial charge in [0.05, 0.1) is 0 Å². The first-order valence-corrected chi connectivity index (χ1v) is 8.22. The molecule has 0 radical (unpaired) electrons. The van der Waals surface area contributed by atoms with Gasteiger partial charge in [-0.2, -0.15) is 0 Å². The minimum absolute atomic E-state index is 0.629. The zero-order chi connectivity index (χ0) is 15.2. The third-order valence-electron chi connectivity index (χ3n) is 4.36. The van der Waals surface area contributed by atoms with E-state index < -0.39 is 0 Å². The van der Waals surface area contributed by atoms with Crippen LogP contribution in [-0.2, 0) is 13.0 Å². The van der Waals surface area contributed by atoms with Crippen molar-refractivity contribution in [3.8, 4) is 0 Å². The summed E-state index contributed by atoms with van der Waals surface area (Å²) in [6, 6.07) is 9.71. The van der Waals surface area contributed by atoms with Crippen LogP contribution in [0.1, 0.15) is 25.0 Å². The monoisotopic (exact) mass is 289 g/mol. The van der Waals surface area contributed by atoms with Crippen molar-refractivity contribution in [2.75, 3.05) is 40.3 Å². The summed E-state index contributed by atoms with van der Waals surface area (Å²) in [7, 11) is 4.45. The Morgan fingerprint density at radius 1 is 1.10 bits per heavy atom. The second-order valence-electron chi connectivity index (χ2n) is 6.94. The van der Waals surface area contributed by atoms with Crippen LogP contribution in [0.15, 0.2) is 24.3 Å². The molecule has 1 N–H and O–H groups in total. The van der Waals surface area contributed by atoms with E-state index in [9.17, 15) is 0 Å². The molecule has 3 heteroatoms. The first-order valence-electron chi connectivity index (χ1n) is 8.22. The molecule has 0 saturated carbocycles. The number of piperazine rings is 1. The normalized spacial score (nSPS) is 21.1. The van der Waals surface area contributed by atoms with E-state index in [0.29, 0.717) is 6.04 Å². The molecule has 1 saturated heterocycles. The molecule has 1 aliphatic rings. The summed E-state index contributed by atoms with van der Waals surface area (Å²) >= 11 is 0. The van der Waals surface area contributed by atoms with Crippen molar-refractivity contribution in [2.24, 2.45) is 5.92 Å². The molecule has 118 valence electrons.